The summed E-state index contributed by atoms with van der Waals surface area (Å²) in [5.41, 5.74) is 2.40. The molecule has 2 N–H and O–H groups in total. The molecule has 0 unspecified atom stereocenters. The third kappa shape index (κ3) is 3.55. The smallest absolute Gasteiger partial charge is 0.0719 e. The van der Waals surface area contributed by atoms with Gasteiger partial charge in [0.15, 0.2) is 0 Å². The molecule has 0 fully saturated rings. The highest BCUT2D eigenvalue weighted by Gasteiger charge is 1.95. The summed E-state index contributed by atoms with van der Waals surface area (Å²) in [6, 6.07) is 8.21. The van der Waals surface area contributed by atoms with Gasteiger partial charge in [-0.25, -0.2) is 5.90 Å². The standard InChI is InChI=1S/C10H15NO2/c1-12-8-10-4-2-3-9(7-10)5-6-13-11/h2-4,7H,5-6,8,11H2,1H3. The van der Waals surface area contributed by atoms with Crippen molar-refractivity contribution >= 4 is 0 Å². The maximum absolute atomic E-state index is 5.03. The van der Waals surface area contributed by atoms with Crippen molar-refractivity contribution in [3.63, 3.8) is 0 Å². The fraction of sp³-hybridized carbons (Fsp3) is 0.400. The van der Waals surface area contributed by atoms with E-state index in [2.05, 4.69) is 17.0 Å². The van der Waals surface area contributed by atoms with Crippen LogP contribution in [0, 0.1) is 0 Å². The molecule has 13 heavy (non-hydrogen) atoms. The third-order valence-corrected chi connectivity index (χ3v) is 1.81. The molecule has 1 aromatic carbocycles. The van der Waals surface area contributed by atoms with Crippen molar-refractivity contribution in [2.75, 3.05) is 13.7 Å². The average Bonchev–Trinajstić information content (AvgIpc) is 2.16. The van der Waals surface area contributed by atoms with E-state index < -0.39 is 0 Å². The first kappa shape index (κ1) is 10.2. The van der Waals surface area contributed by atoms with Gasteiger partial charge in [-0.1, -0.05) is 24.3 Å². The SMILES string of the molecule is COCc1cccc(CCON)c1. The van der Waals surface area contributed by atoms with Crippen LogP contribution in [0.1, 0.15) is 11.1 Å². The fourth-order valence-corrected chi connectivity index (χ4v) is 1.22. The average molecular weight is 181 g/mol. The van der Waals surface area contributed by atoms with E-state index in [9.17, 15) is 0 Å². The zero-order valence-corrected chi connectivity index (χ0v) is 7.82. The summed E-state index contributed by atoms with van der Waals surface area (Å²) in [4.78, 5) is 4.51. The molecule has 0 heterocycles. The Hall–Kier alpha value is -0.900. The first-order chi connectivity index (χ1) is 6.36. The molecule has 0 aliphatic carbocycles. The Morgan fingerprint density at radius 1 is 1.31 bits per heavy atom. The van der Waals surface area contributed by atoms with Gasteiger partial charge in [0.25, 0.3) is 0 Å². The summed E-state index contributed by atoms with van der Waals surface area (Å²) < 4.78 is 5.03. The summed E-state index contributed by atoms with van der Waals surface area (Å²) >= 11 is 0. The van der Waals surface area contributed by atoms with Crippen LogP contribution in [-0.2, 0) is 22.6 Å². The van der Waals surface area contributed by atoms with Gasteiger partial charge in [0.05, 0.1) is 13.2 Å². The lowest BCUT2D eigenvalue weighted by Gasteiger charge is -2.03. The van der Waals surface area contributed by atoms with Crippen LogP contribution in [0.5, 0.6) is 0 Å². The Morgan fingerprint density at radius 3 is 2.77 bits per heavy atom. The van der Waals surface area contributed by atoms with Crippen LogP contribution in [-0.4, -0.2) is 13.7 Å². The van der Waals surface area contributed by atoms with Crippen molar-refractivity contribution in [1.82, 2.24) is 0 Å². The van der Waals surface area contributed by atoms with E-state index in [0.29, 0.717) is 13.2 Å². The van der Waals surface area contributed by atoms with Gasteiger partial charge >= 0.3 is 0 Å². The van der Waals surface area contributed by atoms with E-state index in [4.69, 9.17) is 10.6 Å². The quantitative estimate of drug-likeness (QED) is 0.696. The van der Waals surface area contributed by atoms with Crippen molar-refractivity contribution in [3.05, 3.63) is 35.4 Å². The normalized spacial score (nSPS) is 10.3. The van der Waals surface area contributed by atoms with Crippen LogP contribution in [0.4, 0.5) is 0 Å². The summed E-state index contributed by atoms with van der Waals surface area (Å²) in [7, 11) is 1.69. The Bertz CT molecular complexity index is 250. The minimum Gasteiger partial charge on any atom is -0.380 e. The van der Waals surface area contributed by atoms with Crippen LogP contribution in [0.2, 0.25) is 0 Å². The van der Waals surface area contributed by atoms with Crippen molar-refractivity contribution < 1.29 is 9.57 Å². The zero-order chi connectivity index (χ0) is 9.52. The van der Waals surface area contributed by atoms with Gasteiger partial charge < -0.3 is 9.57 Å². The monoisotopic (exact) mass is 181 g/mol. The first-order valence-corrected chi connectivity index (χ1v) is 4.25. The maximum Gasteiger partial charge on any atom is 0.0719 e. The number of hydrogen-bond donors (Lipinski definition) is 1. The van der Waals surface area contributed by atoms with Gasteiger partial charge in [-0.15, -0.1) is 0 Å². The lowest BCUT2D eigenvalue weighted by atomic mass is 10.1. The highest BCUT2D eigenvalue weighted by molar-refractivity contribution is 5.23. The molecule has 0 aromatic heterocycles. The molecule has 3 heteroatoms. The van der Waals surface area contributed by atoms with E-state index in [0.717, 1.165) is 6.42 Å². The molecule has 0 amide bonds. The number of hydrogen-bond acceptors (Lipinski definition) is 3. The van der Waals surface area contributed by atoms with Gasteiger partial charge in [-0.3, -0.25) is 0 Å². The Balaban J connectivity index is 2.56. The van der Waals surface area contributed by atoms with Gasteiger partial charge in [-0.05, 0) is 17.5 Å². The molecule has 0 aliphatic heterocycles. The molecule has 1 rings (SSSR count). The second-order valence-corrected chi connectivity index (χ2v) is 2.87. The largest absolute Gasteiger partial charge is 0.380 e. The van der Waals surface area contributed by atoms with Crippen molar-refractivity contribution in [1.29, 1.82) is 0 Å². The number of methoxy groups -OCH3 is 1. The number of ether oxygens (including phenoxy) is 1. The molecule has 1 aromatic rings. The van der Waals surface area contributed by atoms with Crippen LogP contribution in [0.25, 0.3) is 0 Å². The Kier molecular flexibility index (Phi) is 4.46. The zero-order valence-electron chi connectivity index (χ0n) is 7.82. The highest BCUT2D eigenvalue weighted by atomic mass is 16.6. The van der Waals surface area contributed by atoms with Gasteiger partial charge in [0.1, 0.15) is 0 Å². The van der Waals surface area contributed by atoms with E-state index >= 15 is 0 Å². The summed E-state index contributed by atoms with van der Waals surface area (Å²) in [6.45, 7) is 1.20. The lowest BCUT2D eigenvalue weighted by molar-refractivity contribution is 0.141. The van der Waals surface area contributed by atoms with E-state index in [1.54, 1.807) is 7.11 Å². The molecule has 0 atom stereocenters. The summed E-state index contributed by atoms with van der Waals surface area (Å²) in [5, 5.41) is 0. The predicted molar refractivity (Wildman–Crippen MR) is 51.0 cm³/mol. The summed E-state index contributed by atoms with van der Waals surface area (Å²) in [5.74, 6) is 4.95. The van der Waals surface area contributed by atoms with Gasteiger partial charge in [0, 0.05) is 7.11 Å². The van der Waals surface area contributed by atoms with E-state index in [1.165, 1.54) is 11.1 Å². The molecule has 72 valence electrons. The second-order valence-electron chi connectivity index (χ2n) is 2.87. The third-order valence-electron chi connectivity index (χ3n) is 1.81. The molecule has 0 spiro atoms. The number of benzene rings is 1. The molecule has 0 bridgehead atoms. The van der Waals surface area contributed by atoms with Gasteiger partial charge in [-0.2, -0.15) is 0 Å². The van der Waals surface area contributed by atoms with Crippen molar-refractivity contribution in [2.45, 2.75) is 13.0 Å². The lowest BCUT2D eigenvalue weighted by Crippen LogP contribution is -2.03. The van der Waals surface area contributed by atoms with E-state index in [1.807, 2.05) is 12.1 Å². The molecular formula is C10H15NO2. The van der Waals surface area contributed by atoms with Crippen molar-refractivity contribution in [2.24, 2.45) is 5.90 Å². The minimum atomic E-state index is 0.552. The number of rotatable bonds is 5. The molecule has 0 saturated heterocycles. The van der Waals surface area contributed by atoms with Gasteiger partial charge in [0.2, 0.25) is 0 Å². The molecule has 3 nitrogen and oxygen atoms in total. The van der Waals surface area contributed by atoms with Crippen LogP contribution < -0.4 is 5.90 Å². The Morgan fingerprint density at radius 2 is 2.08 bits per heavy atom. The van der Waals surface area contributed by atoms with Crippen LogP contribution in [0.15, 0.2) is 24.3 Å². The van der Waals surface area contributed by atoms with Crippen LogP contribution >= 0.6 is 0 Å². The molecule has 0 aliphatic rings. The minimum absolute atomic E-state index is 0.552. The molecular weight excluding hydrogens is 166 g/mol. The first-order valence-electron chi connectivity index (χ1n) is 4.25. The van der Waals surface area contributed by atoms with Crippen molar-refractivity contribution in [3.8, 4) is 0 Å². The topological polar surface area (TPSA) is 44.5 Å². The Labute approximate surface area is 78.4 Å². The highest BCUT2D eigenvalue weighted by Crippen LogP contribution is 2.06. The summed E-state index contributed by atoms with van der Waals surface area (Å²) in [6.07, 6.45) is 0.841. The van der Waals surface area contributed by atoms with Crippen LogP contribution in [0.3, 0.4) is 0 Å². The second kappa shape index (κ2) is 5.70. The maximum atomic E-state index is 5.03. The fourth-order valence-electron chi connectivity index (χ4n) is 1.22. The number of nitrogens with two attached hydrogens (primary N) is 1. The van der Waals surface area contributed by atoms with E-state index in [-0.39, 0.29) is 0 Å². The molecule has 0 radical (unpaired) electrons. The predicted octanol–water partition coefficient (Wildman–Crippen LogP) is 1.27. The molecule has 0 saturated carbocycles.